The lowest BCUT2D eigenvalue weighted by Crippen LogP contribution is -2.61. The molecule has 0 aromatic rings. The highest BCUT2D eigenvalue weighted by molar-refractivity contribution is 5.83. The molecule has 1 saturated heterocycles. The van der Waals surface area contributed by atoms with Gasteiger partial charge in [-0.15, -0.1) is 0 Å². The van der Waals surface area contributed by atoms with E-state index in [4.69, 9.17) is 9.47 Å². The highest BCUT2D eigenvalue weighted by atomic mass is 16.7. The molecular formula is C35H58O10. The lowest BCUT2D eigenvalue weighted by molar-refractivity contribution is -0.316. The molecule has 0 radical (unpaired) electrons. The smallest absolute Gasteiger partial charge is 0.187 e. The van der Waals surface area contributed by atoms with E-state index in [0.29, 0.717) is 30.8 Å². The monoisotopic (exact) mass is 638 g/mol. The van der Waals surface area contributed by atoms with Crippen LogP contribution in [0.2, 0.25) is 0 Å². The lowest BCUT2D eigenvalue weighted by Gasteiger charge is -2.61. The van der Waals surface area contributed by atoms with Gasteiger partial charge in [0, 0.05) is 12.3 Å². The summed E-state index contributed by atoms with van der Waals surface area (Å²) < 4.78 is 11.9. The van der Waals surface area contributed by atoms with Crippen molar-refractivity contribution in [1.82, 2.24) is 0 Å². The van der Waals surface area contributed by atoms with Gasteiger partial charge in [-0.1, -0.05) is 48.1 Å². The summed E-state index contributed by atoms with van der Waals surface area (Å²) in [6.45, 7) is 16.1. The van der Waals surface area contributed by atoms with Crippen molar-refractivity contribution in [3.8, 4) is 0 Å². The van der Waals surface area contributed by atoms with Gasteiger partial charge in [-0.2, -0.15) is 0 Å². The first-order valence-corrected chi connectivity index (χ1v) is 17.1. The van der Waals surface area contributed by atoms with Gasteiger partial charge in [-0.3, -0.25) is 4.79 Å². The summed E-state index contributed by atoms with van der Waals surface area (Å²) in [6.07, 6.45) is -5.95. The van der Waals surface area contributed by atoms with Crippen molar-refractivity contribution in [3.63, 3.8) is 0 Å². The van der Waals surface area contributed by atoms with Crippen molar-refractivity contribution in [2.24, 2.45) is 51.8 Å². The Morgan fingerprint density at radius 2 is 1.64 bits per heavy atom. The van der Waals surface area contributed by atoms with Crippen molar-refractivity contribution in [2.75, 3.05) is 6.61 Å². The average molecular weight is 639 g/mol. The summed E-state index contributed by atoms with van der Waals surface area (Å²) in [7, 11) is 0. The van der Waals surface area contributed by atoms with E-state index in [1.165, 1.54) is 0 Å². The molecule has 5 fully saturated rings. The Kier molecular flexibility index (Phi) is 9.82. The molecule has 0 aromatic heterocycles. The third-order valence-electron chi connectivity index (χ3n) is 13.5. The van der Waals surface area contributed by atoms with Crippen LogP contribution in [0.4, 0.5) is 0 Å². The molecule has 5 rings (SSSR count). The molecule has 1 heterocycles. The Balaban J connectivity index is 1.38. The van der Waals surface area contributed by atoms with Crippen LogP contribution < -0.4 is 0 Å². The first-order chi connectivity index (χ1) is 20.9. The van der Waals surface area contributed by atoms with Gasteiger partial charge in [0.2, 0.25) is 0 Å². The van der Waals surface area contributed by atoms with Gasteiger partial charge in [0.05, 0.1) is 24.9 Å². The fourth-order valence-corrected chi connectivity index (χ4v) is 10.6. The van der Waals surface area contributed by atoms with Crippen LogP contribution >= 0.6 is 0 Å². The van der Waals surface area contributed by atoms with Crippen LogP contribution in [0, 0.1) is 51.8 Å². The van der Waals surface area contributed by atoms with E-state index >= 15 is 0 Å². The second kappa shape index (κ2) is 12.5. The Hall–Kier alpha value is -0.950. The number of fused-ring (bicyclic) bond motifs is 5. The molecule has 5 aliphatic rings. The number of aliphatic hydroxyl groups excluding tert-OH is 7. The zero-order valence-corrected chi connectivity index (χ0v) is 27.9. The molecule has 0 aromatic carbocycles. The van der Waals surface area contributed by atoms with Gasteiger partial charge in [0.25, 0.3) is 0 Å². The number of hydrogen-bond donors (Lipinski definition) is 7. The maximum Gasteiger partial charge on any atom is 0.187 e. The minimum Gasteiger partial charge on any atom is -0.394 e. The van der Waals surface area contributed by atoms with E-state index in [0.717, 1.165) is 25.7 Å². The Morgan fingerprint density at radius 1 is 1.00 bits per heavy atom. The minimum absolute atomic E-state index is 0.117. The summed E-state index contributed by atoms with van der Waals surface area (Å²) >= 11 is 0. The molecular weight excluding hydrogens is 580 g/mol. The molecule has 4 unspecified atom stereocenters. The highest BCUT2D eigenvalue weighted by Gasteiger charge is 2.64. The molecule has 10 heteroatoms. The van der Waals surface area contributed by atoms with Gasteiger partial charge in [-0.25, -0.2) is 0 Å². The Labute approximate surface area is 267 Å². The predicted octanol–water partition coefficient (Wildman–Crippen LogP) is 1.94. The molecule has 0 bridgehead atoms. The minimum atomic E-state index is -1.60. The van der Waals surface area contributed by atoms with Crippen LogP contribution in [-0.2, 0) is 14.3 Å². The maximum absolute atomic E-state index is 13.6. The zero-order chi connectivity index (χ0) is 33.4. The SMILES string of the molecule is C=C([C@@H](O[C@@H]1O[C@H](CO)[C@@H](O)[C@H](O)[C@H]1O)[C@H](O)[C@@H](C)C1CCC2C3CC(=O)[C@H]4C[C@H](O)[C@H](O)C[C@]4(C)C3CC[C@@]21C)C(C)(C)C. The van der Waals surface area contributed by atoms with Crippen LogP contribution in [0.25, 0.3) is 0 Å². The number of ketones is 1. The average Bonchev–Trinajstić information content (AvgIpc) is 3.33. The Morgan fingerprint density at radius 3 is 2.27 bits per heavy atom. The third kappa shape index (κ3) is 5.88. The van der Waals surface area contributed by atoms with Crippen LogP contribution in [-0.4, -0.2) is 103 Å². The van der Waals surface area contributed by atoms with E-state index in [9.17, 15) is 40.5 Å². The number of carbonyl (C=O) groups is 1. The number of rotatable bonds is 7. The predicted molar refractivity (Wildman–Crippen MR) is 165 cm³/mol. The summed E-state index contributed by atoms with van der Waals surface area (Å²) in [6, 6.07) is 0. The molecule has 258 valence electrons. The van der Waals surface area contributed by atoms with Crippen LogP contribution in [0.1, 0.15) is 86.5 Å². The molecule has 0 amide bonds. The first-order valence-electron chi connectivity index (χ1n) is 17.1. The molecule has 10 nitrogen and oxygen atoms in total. The molecule has 17 atom stereocenters. The molecule has 0 spiro atoms. The summed E-state index contributed by atoms with van der Waals surface area (Å²) in [5, 5.41) is 74.2. The summed E-state index contributed by atoms with van der Waals surface area (Å²) in [4.78, 5) is 13.6. The van der Waals surface area contributed by atoms with Crippen molar-refractivity contribution >= 4 is 5.78 Å². The standard InChI is InChI=1S/C35H58O10/c1-16(27(40)31(17(2)33(3,4)5)45-32-30(43)29(42)28(41)26(15-36)44-32)19-8-9-20-18-12-23(37)22-13-24(38)25(39)14-35(22,7)21(18)10-11-34(19,20)6/h16,18-22,24-32,36,38-43H,2,8-15H2,1,3-7H3/t16-,18?,19?,20?,21?,22+,24-,25+,26+,27+,28+,29-,30+,31+,32-,34+,35+/m0/s1. The van der Waals surface area contributed by atoms with Crippen molar-refractivity contribution in [2.45, 2.75) is 142 Å². The quantitative estimate of drug-likeness (QED) is 0.204. The second-order valence-corrected chi connectivity index (χ2v) is 16.8. The van der Waals surface area contributed by atoms with E-state index in [2.05, 4.69) is 20.4 Å². The van der Waals surface area contributed by atoms with Crippen molar-refractivity contribution < 1.29 is 50.0 Å². The van der Waals surface area contributed by atoms with E-state index < -0.39 is 67.1 Å². The molecule has 4 saturated carbocycles. The lowest BCUT2D eigenvalue weighted by atomic mass is 9.44. The zero-order valence-electron chi connectivity index (χ0n) is 27.9. The van der Waals surface area contributed by atoms with Crippen molar-refractivity contribution in [1.29, 1.82) is 0 Å². The molecule has 7 N–H and O–H groups in total. The number of aliphatic hydroxyl groups is 7. The molecule has 1 aliphatic heterocycles. The Bertz CT molecular complexity index is 1100. The fourth-order valence-electron chi connectivity index (χ4n) is 10.6. The largest absolute Gasteiger partial charge is 0.394 e. The fraction of sp³-hybridized carbons (Fsp3) is 0.914. The number of Topliss-reactive ketones (excluding diaryl/α,β-unsaturated/α-hetero) is 1. The number of ether oxygens (including phenoxy) is 2. The summed E-state index contributed by atoms with van der Waals surface area (Å²) in [5.41, 5.74) is -0.351. The second-order valence-electron chi connectivity index (χ2n) is 16.8. The van der Waals surface area contributed by atoms with Crippen molar-refractivity contribution in [3.05, 3.63) is 12.2 Å². The number of carbonyl (C=O) groups excluding carboxylic acids is 1. The van der Waals surface area contributed by atoms with Gasteiger partial charge < -0.3 is 45.2 Å². The van der Waals surface area contributed by atoms with E-state index in [1.54, 1.807) is 0 Å². The molecule has 45 heavy (non-hydrogen) atoms. The van der Waals surface area contributed by atoms with Gasteiger partial charge in [-0.05, 0) is 89.9 Å². The highest BCUT2D eigenvalue weighted by Crippen LogP contribution is 2.68. The number of hydrogen-bond acceptors (Lipinski definition) is 10. The van der Waals surface area contributed by atoms with Gasteiger partial charge in [0.1, 0.15) is 36.3 Å². The van der Waals surface area contributed by atoms with E-state index in [-0.39, 0.29) is 46.2 Å². The van der Waals surface area contributed by atoms with E-state index in [1.807, 2.05) is 27.7 Å². The summed E-state index contributed by atoms with van der Waals surface area (Å²) in [5.74, 6) is 0.633. The molecule has 4 aliphatic carbocycles. The van der Waals surface area contributed by atoms with Gasteiger partial charge in [0.15, 0.2) is 6.29 Å². The topological polar surface area (TPSA) is 177 Å². The van der Waals surface area contributed by atoms with Crippen LogP contribution in [0.15, 0.2) is 12.2 Å². The maximum atomic E-state index is 13.6. The normalized spacial score (nSPS) is 49.0. The third-order valence-corrected chi connectivity index (χ3v) is 13.5. The van der Waals surface area contributed by atoms with Crippen LogP contribution in [0.3, 0.4) is 0 Å². The first kappa shape index (κ1) is 35.4. The van der Waals surface area contributed by atoms with Gasteiger partial charge >= 0.3 is 0 Å². The van der Waals surface area contributed by atoms with Crippen LogP contribution in [0.5, 0.6) is 0 Å².